The molecule has 0 saturated carbocycles. The lowest BCUT2D eigenvalue weighted by atomic mass is 10.2. The molecule has 0 amide bonds. The maximum atomic E-state index is 11.8. The number of H-pyrrole nitrogens is 1. The highest BCUT2D eigenvalue weighted by Gasteiger charge is 2.37. The molecule has 2 aromatic rings. The molecule has 4 N–H and O–H groups in total. The fourth-order valence-corrected chi connectivity index (χ4v) is 2.56. The highest BCUT2D eigenvalue weighted by atomic mass is 16.6. The third-order valence-electron chi connectivity index (χ3n) is 3.55. The lowest BCUT2D eigenvalue weighted by Crippen LogP contribution is -2.27. The van der Waals surface area contributed by atoms with E-state index in [0.717, 1.165) is 0 Å². The van der Waals surface area contributed by atoms with Gasteiger partial charge in [-0.05, 0) is 0 Å². The predicted octanol–water partition coefficient (Wildman–Crippen LogP) is -0.447. The predicted molar refractivity (Wildman–Crippen MR) is 78.1 cm³/mol. The molecule has 0 aliphatic carbocycles. The zero-order chi connectivity index (χ0) is 15.7. The molecule has 0 spiro atoms. The molecule has 3 heterocycles. The van der Waals surface area contributed by atoms with E-state index >= 15 is 0 Å². The second-order valence-electron chi connectivity index (χ2n) is 4.98. The maximum Gasteiger partial charge on any atom is 0.280 e. The number of hydrogen-bond acceptors (Lipinski definition) is 7. The molecule has 22 heavy (non-hydrogen) atoms. The molecule has 0 bridgehead atoms. The number of aliphatic hydroxyl groups is 1. The summed E-state index contributed by atoms with van der Waals surface area (Å²) in [5.41, 5.74) is 5.70. The lowest BCUT2D eigenvalue weighted by molar-refractivity contribution is -0.0561. The van der Waals surface area contributed by atoms with Gasteiger partial charge in [0.05, 0.1) is 25.6 Å². The van der Waals surface area contributed by atoms with E-state index in [0.29, 0.717) is 18.7 Å². The number of aromatic amines is 1. The van der Waals surface area contributed by atoms with E-state index in [4.69, 9.17) is 15.2 Å². The highest BCUT2D eigenvalue weighted by Crippen LogP contribution is 2.32. The third kappa shape index (κ3) is 2.49. The first kappa shape index (κ1) is 14.7. The number of rotatable bonds is 5. The molecular weight excluding hydrogens is 290 g/mol. The van der Waals surface area contributed by atoms with Crippen molar-refractivity contribution in [1.29, 1.82) is 0 Å². The van der Waals surface area contributed by atoms with E-state index in [-0.39, 0.29) is 24.2 Å². The minimum atomic E-state index is -0.457. The van der Waals surface area contributed by atoms with Crippen LogP contribution in [0.5, 0.6) is 0 Å². The van der Waals surface area contributed by atoms with E-state index < -0.39 is 17.9 Å². The van der Waals surface area contributed by atoms with Crippen molar-refractivity contribution in [2.75, 3.05) is 18.9 Å². The number of fused-ring (bicyclic) bond motifs is 1. The molecule has 9 heteroatoms. The van der Waals surface area contributed by atoms with Crippen LogP contribution < -0.4 is 11.3 Å². The van der Waals surface area contributed by atoms with Gasteiger partial charge in [-0.1, -0.05) is 6.08 Å². The van der Waals surface area contributed by atoms with Crippen LogP contribution in [0.2, 0.25) is 0 Å². The van der Waals surface area contributed by atoms with Gasteiger partial charge in [-0.2, -0.15) is 4.98 Å². The maximum absolute atomic E-state index is 11.8. The number of nitrogens with one attached hydrogen (secondary N) is 1. The van der Waals surface area contributed by atoms with E-state index in [1.807, 2.05) is 0 Å². The van der Waals surface area contributed by atoms with E-state index in [1.165, 1.54) is 6.33 Å². The zero-order valence-electron chi connectivity index (χ0n) is 11.8. The highest BCUT2D eigenvalue weighted by molar-refractivity contribution is 5.70. The molecule has 0 aromatic carbocycles. The minimum absolute atomic E-state index is 0.00964. The smallest absolute Gasteiger partial charge is 0.280 e. The Morgan fingerprint density at radius 1 is 1.68 bits per heavy atom. The topological polar surface area (TPSA) is 128 Å². The normalized spacial score (nSPS) is 24.9. The number of hydrogen-bond donors (Lipinski definition) is 3. The van der Waals surface area contributed by atoms with Crippen molar-refractivity contribution in [3.8, 4) is 0 Å². The molecule has 1 saturated heterocycles. The number of nitrogens with two attached hydrogens (primary N) is 1. The molecule has 1 aliphatic rings. The Balaban J connectivity index is 1.92. The number of nitrogen functional groups attached to an aromatic ring is 1. The third-order valence-corrected chi connectivity index (χ3v) is 3.55. The molecule has 0 radical (unpaired) electrons. The van der Waals surface area contributed by atoms with Crippen molar-refractivity contribution in [3.63, 3.8) is 0 Å². The summed E-state index contributed by atoms with van der Waals surface area (Å²) in [6, 6.07) is 0. The summed E-state index contributed by atoms with van der Waals surface area (Å²) in [5.74, 6) is 0.00964. The van der Waals surface area contributed by atoms with Gasteiger partial charge in [-0.3, -0.25) is 14.3 Å². The summed E-state index contributed by atoms with van der Waals surface area (Å²) in [4.78, 5) is 22.3. The molecule has 2 aromatic heterocycles. The van der Waals surface area contributed by atoms with Gasteiger partial charge < -0.3 is 20.3 Å². The summed E-state index contributed by atoms with van der Waals surface area (Å²) in [5, 5.41) is 9.41. The van der Waals surface area contributed by atoms with Crippen LogP contribution in [0.3, 0.4) is 0 Å². The zero-order valence-corrected chi connectivity index (χ0v) is 11.8. The molecule has 1 aliphatic heterocycles. The Morgan fingerprint density at radius 3 is 3.23 bits per heavy atom. The Morgan fingerprint density at radius 2 is 2.50 bits per heavy atom. The Labute approximate surface area is 125 Å². The lowest BCUT2D eigenvalue weighted by Gasteiger charge is -2.15. The van der Waals surface area contributed by atoms with Crippen LogP contribution in [0, 0.1) is 0 Å². The van der Waals surface area contributed by atoms with Gasteiger partial charge in [0.1, 0.15) is 12.3 Å². The van der Waals surface area contributed by atoms with Crippen LogP contribution in [0.25, 0.3) is 11.2 Å². The summed E-state index contributed by atoms with van der Waals surface area (Å²) < 4.78 is 13.0. The van der Waals surface area contributed by atoms with Crippen LogP contribution in [-0.4, -0.2) is 50.0 Å². The molecule has 3 atom stereocenters. The SMILES string of the molecule is C=CCO[C@H]1C[C@H](n2cnc3c(=O)[nH]c(N)nc32)O[C@@H]1CO. The Hall–Kier alpha value is -2.23. The molecule has 0 unspecified atom stereocenters. The molecule has 3 rings (SSSR count). The van der Waals surface area contributed by atoms with E-state index in [9.17, 15) is 9.90 Å². The average Bonchev–Trinajstić information content (AvgIpc) is 3.08. The van der Waals surface area contributed by atoms with Crippen LogP contribution >= 0.6 is 0 Å². The quantitative estimate of drug-likeness (QED) is 0.638. The Kier molecular flexibility index (Phi) is 3.92. The second kappa shape index (κ2) is 5.87. The first-order chi connectivity index (χ1) is 10.6. The van der Waals surface area contributed by atoms with Crippen molar-refractivity contribution in [1.82, 2.24) is 19.5 Å². The van der Waals surface area contributed by atoms with Crippen LogP contribution in [0.4, 0.5) is 5.95 Å². The van der Waals surface area contributed by atoms with Gasteiger partial charge in [0.25, 0.3) is 5.56 Å². The van der Waals surface area contributed by atoms with Crippen molar-refractivity contribution < 1.29 is 14.6 Å². The van der Waals surface area contributed by atoms with Crippen molar-refractivity contribution in [2.45, 2.75) is 24.9 Å². The largest absolute Gasteiger partial charge is 0.394 e. The number of anilines is 1. The van der Waals surface area contributed by atoms with Gasteiger partial charge in [0.2, 0.25) is 5.95 Å². The van der Waals surface area contributed by atoms with E-state index in [2.05, 4.69) is 21.5 Å². The van der Waals surface area contributed by atoms with Crippen molar-refractivity contribution in [3.05, 3.63) is 29.3 Å². The van der Waals surface area contributed by atoms with Crippen LogP contribution in [0.15, 0.2) is 23.8 Å². The summed E-state index contributed by atoms with van der Waals surface area (Å²) in [7, 11) is 0. The first-order valence-electron chi connectivity index (χ1n) is 6.85. The number of imidazole rings is 1. The molecule has 118 valence electrons. The van der Waals surface area contributed by atoms with Gasteiger partial charge in [-0.25, -0.2) is 4.98 Å². The van der Waals surface area contributed by atoms with Gasteiger partial charge in [-0.15, -0.1) is 6.58 Å². The van der Waals surface area contributed by atoms with E-state index in [1.54, 1.807) is 10.6 Å². The van der Waals surface area contributed by atoms with Gasteiger partial charge >= 0.3 is 0 Å². The average molecular weight is 307 g/mol. The number of aromatic nitrogens is 4. The van der Waals surface area contributed by atoms with Crippen molar-refractivity contribution >= 4 is 17.1 Å². The molecule has 1 fully saturated rings. The summed E-state index contributed by atoms with van der Waals surface area (Å²) in [6.07, 6.45) is 2.44. The standard InChI is InChI=1S/C13H17N5O4/c1-2-3-21-7-4-9(22-8(7)5-19)18-6-15-10-11(18)16-13(14)17-12(10)20/h2,6-9,19H,1,3-5H2,(H3,14,16,17,20)/t7-,8+,9+/m0/s1. The number of aliphatic hydroxyl groups excluding tert-OH is 1. The van der Waals surface area contributed by atoms with Gasteiger partial charge in [0.15, 0.2) is 11.2 Å². The fourth-order valence-electron chi connectivity index (χ4n) is 2.56. The van der Waals surface area contributed by atoms with Gasteiger partial charge in [0, 0.05) is 6.42 Å². The fraction of sp³-hybridized carbons (Fsp3) is 0.462. The van der Waals surface area contributed by atoms with Crippen LogP contribution in [0.1, 0.15) is 12.6 Å². The minimum Gasteiger partial charge on any atom is -0.394 e. The van der Waals surface area contributed by atoms with Crippen LogP contribution in [-0.2, 0) is 9.47 Å². The number of ether oxygens (including phenoxy) is 2. The van der Waals surface area contributed by atoms with Crippen molar-refractivity contribution in [2.24, 2.45) is 0 Å². The molecule has 9 nitrogen and oxygen atoms in total. The second-order valence-corrected chi connectivity index (χ2v) is 4.98. The summed E-state index contributed by atoms with van der Waals surface area (Å²) >= 11 is 0. The Bertz CT molecular complexity index is 740. The number of nitrogens with zero attached hydrogens (tertiary/aromatic N) is 3. The first-order valence-corrected chi connectivity index (χ1v) is 6.85. The monoisotopic (exact) mass is 307 g/mol. The molecular formula is C13H17N5O4. The summed E-state index contributed by atoms with van der Waals surface area (Å²) in [6.45, 7) is 3.80.